The molecule has 1 atom stereocenters. The first-order valence-electron chi connectivity index (χ1n) is 5.86. The van der Waals surface area contributed by atoms with Gasteiger partial charge >= 0.3 is 6.03 Å². The maximum atomic E-state index is 11.3. The third-order valence-electron chi connectivity index (χ3n) is 2.35. The van der Waals surface area contributed by atoms with Crippen LogP contribution in [0.15, 0.2) is 24.3 Å². The van der Waals surface area contributed by atoms with Crippen LogP contribution in [0.1, 0.15) is 12.5 Å². The van der Waals surface area contributed by atoms with Gasteiger partial charge in [-0.05, 0) is 31.0 Å². The second-order valence-electron chi connectivity index (χ2n) is 4.08. The third-order valence-corrected chi connectivity index (χ3v) is 2.35. The zero-order valence-corrected chi connectivity index (χ0v) is 10.6. The quantitative estimate of drug-likeness (QED) is 0.477. The maximum absolute atomic E-state index is 11.3. The Morgan fingerprint density at radius 1 is 1.26 bits per heavy atom. The van der Waals surface area contributed by atoms with Crippen molar-refractivity contribution in [2.24, 2.45) is 5.73 Å². The summed E-state index contributed by atoms with van der Waals surface area (Å²) in [7, 11) is 0. The van der Waals surface area contributed by atoms with Crippen molar-refractivity contribution in [1.82, 2.24) is 16.2 Å². The van der Waals surface area contributed by atoms with E-state index in [0.29, 0.717) is 13.0 Å². The van der Waals surface area contributed by atoms with Gasteiger partial charge in [-0.25, -0.2) is 10.2 Å². The van der Waals surface area contributed by atoms with Crippen molar-refractivity contribution < 1.29 is 14.7 Å². The van der Waals surface area contributed by atoms with Crippen molar-refractivity contribution in [2.75, 3.05) is 6.54 Å². The lowest BCUT2D eigenvalue weighted by Crippen LogP contribution is -2.51. The van der Waals surface area contributed by atoms with E-state index in [2.05, 4.69) is 16.2 Å². The molecule has 0 saturated carbocycles. The molecule has 0 heterocycles. The van der Waals surface area contributed by atoms with Crippen molar-refractivity contribution in [1.29, 1.82) is 0 Å². The van der Waals surface area contributed by atoms with Crippen molar-refractivity contribution in [2.45, 2.75) is 19.4 Å². The molecule has 0 aliphatic carbocycles. The van der Waals surface area contributed by atoms with Crippen molar-refractivity contribution in [3.63, 3.8) is 0 Å². The van der Waals surface area contributed by atoms with Crippen LogP contribution in [0.5, 0.6) is 5.75 Å². The largest absolute Gasteiger partial charge is 0.508 e. The summed E-state index contributed by atoms with van der Waals surface area (Å²) < 4.78 is 0. The minimum absolute atomic E-state index is 0.202. The first-order chi connectivity index (χ1) is 8.99. The highest BCUT2D eigenvalue weighted by molar-refractivity contribution is 5.84. The number of phenols is 1. The van der Waals surface area contributed by atoms with Gasteiger partial charge in [0.25, 0.3) is 5.91 Å². The highest BCUT2D eigenvalue weighted by atomic mass is 16.3. The number of phenolic OH excluding ortho intramolecular Hbond substituents is 1. The zero-order valence-electron chi connectivity index (χ0n) is 10.6. The van der Waals surface area contributed by atoms with E-state index in [1.165, 1.54) is 6.92 Å². The SMILES string of the molecule is C[C@@H](N)C(=O)NNC(=O)NCCc1ccc(O)cc1. The van der Waals surface area contributed by atoms with Crippen LogP contribution >= 0.6 is 0 Å². The fraction of sp³-hybridized carbons (Fsp3) is 0.333. The first-order valence-corrected chi connectivity index (χ1v) is 5.86. The predicted octanol–water partition coefficient (Wildman–Crippen LogP) is -0.388. The molecule has 6 N–H and O–H groups in total. The smallest absolute Gasteiger partial charge is 0.333 e. The summed E-state index contributed by atoms with van der Waals surface area (Å²) in [6.45, 7) is 1.92. The molecule has 0 spiro atoms. The summed E-state index contributed by atoms with van der Waals surface area (Å²) >= 11 is 0. The number of benzene rings is 1. The Labute approximate surface area is 111 Å². The Morgan fingerprint density at radius 3 is 2.47 bits per heavy atom. The fourth-order valence-electron chi connectivity index (χ4n) is 1.26. The van der Waals surface area contributed by atoms with E-state index in [4.69, 9.17) is 10.8 Å². The molecule has 0 aliphatic heterocycles. The van der Waals surface area contributed by atoms with E-state index in [1.54, 1.807) is 24.3 Å². The predicted molar refractivity (Wildman–Crippen MR) is 70.1 cm³/mol. The molecule has 104 valence electrons. The van der Waals surface area contributed by atoms with Crippen LogP contribution < -0.4 is 21.9 Å². The summed E-state index contributed by atoms with van der Waals surface area (Å²) in [4.78, 5) is 22.4. The van der Waals surface area contributed by atoms with Gasteiger partial charge in [-0.2, -0.15) is 0 Å². The normalized spacial score (nSPS) is 11.5. The lowest BCUT2D eigenvalue weighted by Gasteiger charge is -2.10. The lowest BCUT2D eigenvalue weighted by atomic mass is 10.1. The molecule has 0 fully saturated rings. The number of hydrogen-bond donors (Lipinski definition) is 5. The van der Waals surface area contributed by atoms with Gasteiger partial charge in [0.1, 0.15) is 5.75 Å². The number of rotatable bonds is 4. The number of nitrogens with two attached hydrogens (primary N) is 1. The van der Waals surface area contributed by atoms with Gasteiger partial charge < -0.3 is 16.2 Å². The van der Waals surface area contributed by atoms with E-state index in [-0.39, 0.29) is 5.75 Å². The molecule has 0 radical (unpaired) electrons. The summed E-state index contributed by atoms with van der Waals surface area (Å²) in [5.41, 5.74) is 10.7. The molecule has 1 rings (SSSR count). The standard InChI is InChI=1S/C12H18N4O3/c1-8(13)11(18)15-16-12(19)14-7-6-9-2-4-10(17)5-3-9/h2-5,8,17H,6-7,13H2,1H3,(H,15,18)(H2,14,16,19)/t8-/m1/s1. The highest BCUT2D eigenvalue weighted by Gasteiger charge is 2.07. The van der Waals surface area contributed by atoms with Gasteiger partial charge in [0.05, 0.1) is 6.04 Å². The number of carbonyl (C=O) groups excluding carboxylic acids is 2. The minimum atomic E-state index is -0.683. The molecule has 0 bridgehead atoms. The Morgan fingerprint density at radius 2 is 1.89 bits per heavy atom. The Kier molecular flexibility index (Phi) is 5.62. The van der Waals surface area contributed by atoms with E-state index < -0.39 is 18.0 Å². The molecule has 0 unspecified atom stereocenters. The summed E-state index contributed by atoms with van der Waals surface area (Å²) in [6, 6.07) is 5.51. The average molecular weight is 266 g/mol. The fourth-order valence-corrected chi connectivity index (χ4v) is 1.26. The maximum Gasteiger partial charge on any atom is 0.333 e. The second kappa shape index (κ2) is 7.22. The molecule has 0 aliphatic rings. The summed E-state index contributed by atoms with van der Waals surface area (Å²) in [6.07, 6.45) is 0.620. The number of amides is 3. The molecule has 19 heavy (non-hydrogen) atoms. The zero-order chi connectivity index (χ0) is 14.3. The second-order valence-corrected chi connectivity index (χ2v) is 4.08. The van der Waals surface area contributed by atoms with Crippen LogP contribution in [0, 0.1) is 0 Å². The van der Waals surface area contributed by atoms with E-state index in [1.807, 2.05) is 0 Å². The van der Waals surface area contributed by atoms with Crippen LogP contribution in [0.2, 0.25) is 0 Å². The van der Waals surface area contributed by atoms with Crippen molar-refractivity contribution >= 4 is 11.9 Å². The minimum Gasteiger partial charge on any atom is -0.508 e. The number of nitrogens with one attached hydrogen (secondary N) is 3. The average Bonchev–Trinajstić information content (AvgIpc) is 2.38. The van der Waals surface area contributed by atoms with Crippen LogP contribution in [0.3, 0.4) is 0 Å². The van der Waals surface area contributed by atoms with Crippen LogP contribution in [0.25, 0.3) is 0 Å². The van der Waals surface area contributed by atoms with E-state index in [0.717, 1.165) is 5.56 Å². The molecular weight excluding hydrogens is 248 g/mol. The number of hydrazine groups is 1. The van der Waals surface area contributed by atoms with Crippen molar-refractivity contribution in [3.05, 3.63) is 29.8 Å². The number of hydrogen-bond acceptors (Lipinski definition) is 4. The van der Waals surface area contributed by atoms with Gasteiger partial charge in [0.2, 0.25) is 0 Å². The third kappa shape index (κ3) is 5.73. The molecule has 7 heteroatoms. The molecule has 3 amide bonds. The molecule has 0 aromatic heterocycles. The molecule has 1 aromatic rings. The number of carbonyl (C=O) groups is 2. The molecular formula is C12H18N4O3. The number of urea groups is 1. The van der Waals surface area contributed by atoms with Gasteiger partial charge in [0.15, 0.2) is 0 Å². The van der Waals surface area contributed by atoms with E-state index in [9.17, 15) is 9.59 Å². The summed E-state index contributed by atoms with van der Waals surface area (Å²) in [5, 5.41) is 11.7. The highest BCUT2D eigenvalue weighted by Crippen LogP contribution is 2.09. The molecule has 0 saturated heterocycles. The van der Waals surface area contributed by atoms with Crippen LogP contribution in [0.4, 0.5) is 4.79 Å². The Balaban J connectivity index is 2.20. The van der Waals surface area contributed by atoms with Gasteiger partial charge in [0, 0.05) is 6.54 Å². The van der Waals surface area contributed by atoms with Gasteiger partial charge in [-0.3, -0.25) is 10.2 Å². The van der Waals surface area contributed by atoms with Crippen LogP contribution in [-0.4, -0.2) is 29.6 Å². The van der Waals surface area contributed by atoms with Crippen molar-refractivity contribution in [3.8, 4) is 5.75 Å². The Bertz CT molecular complexity index is 431. The van der Waals surface area contributed by atoms with E-state index >= 15 is 0 Å². The monoisotopic (exact) mass is 266 g/mol. The lowest BCUT2D eigenvalue weighted by molar-refractivity contribution is -0.122. The van der Waals surface area contributed by atoms with Gasteiger partial charge in [-0.1, -0.05) is 12.1 Å². The molecule has 1 aromatic carbocycles. The number of aromatic hydroxyl groups is 1. The Hall–Kier alpha value is -2.28. The topological polar surface area (TPSA) is 116 Å². The summed E-state index contributed by atoms with van der Waals surface area (Å²) in [5.74, 6) is -0.262. The molecule has 7 nitrogen and oxygen atoms in total. The van der Waals surface area contributed by atoms with Gasteiger partial charge in [-0.15, -0.1) is 0 Å². The first kappa shape index (κ1) is 14.8. The van der Waals surface area contributed by atoms with Crippen LogP contribution in [-0.2, 0) is 11.2 Å².